The highest BCUT2D eigenvalue weighted by molar-refractivity contribution is 5.97. The first kappa shape index (κ1) is 17.2. The predicted octanol–water partition coefficient (Wildman–Crippen LogP) is 5.16. The Kier molecular flexibility index (Phi) is 3.65. The van der Waals surface area contributed by atoms with Gasteiger partial charge in [-0.05, 0) is 80.6 Å². The van der Waals surface area contributed by atoms with Crippen molar-refractivity contribution in [1.82, 2.24) is 0 Å². The molecule has 144 valence electrons. The summed E-state index contributed by atoms with van der Waals surface area (Å²) in [5.74, 6) is 0. The molecule has 0 amide bonds. The van der Waals surface area contributed by atoms with E-state index < -0.39 is 0 Å². The number of fused-ring (bicyclic) bond motifs is 2. The maximum absolute atomic E-state index is 10.3. The van der Waals surface area contributed by atoms with Gasteiger partial charge in [-0.3, -0.25) is 0 Å². The lowest BCUT2D eigenvalue weighted by atomic mass is 9.58. The van der Waals surface area contributed by atoms with Crippen molar-refractivity contribution in [2.24, 2.45) is 0 Å². The van der Waals surface area contributed by atoms with Gasteiger partial charge in [0.25, 0.3) is 0 Å². The van der Waals surface area contributed by atoms with Crippen LogP contribution in [0.4, 0.5) is 0 Å². The SMILES string of the molecule is OCc1ccc2cccc3c2c1C1(CC3)CCc2cccc3ccc(CO)c1c23. The van der Waals surface area contributed by atoms with Crippen molar-refractivity contribution in [1.29, 1.82) is 0 Å². The van der Waals surface area contributed by atoms with E-state index in [4.69, 9.17) is 0 Å². The predicted molar refractivity (Wildman–Crippen MR) is 117 cm³/mol. The third-order valence-corrected chi connectivity index (χ3v) is 7.38. The highest BCUT2D eigenvalue weighted by atomic mass is 16.3. The van der Waals surface area contributed by atoms with Crippen LogP contribution in [-0.2, 0) is 31.5 Å². The maximum atomic E-state index is 10.3. The van der Waals surface area contributed by atoms with Crippen LogP contribution in [0.15, 0.2) is 60.7 Å². The van der Waals surface area contributed by atoms with E-state index in [0.29, 0.717) is 0 Å². The Hall–Kier alpha value is -2.68. The van der Waals surface area contributed by atoms with E-state index in [1.54, 1.807) is 0 Å². The molecule has 0 aromatic heterocycles. The molecule has 2 aliphatic rings. The van der Waals surface area contributed by atoms with E-state index in [-0.39, 0.29) is 18.6 Å². The molecule has 0 aliphatic heterocycles. The zero-order chi connectivity index (χ0) is 19.6. The van der Waals surface area contributed by atoms with Gasteiger partial charge >= 0.3 is 0 Å². The van der Waals surface area contributed by atoms with Crippen LogP contribution in [0, 0.1) is 0 Å². The monoisotopic (exact) mass is 380 g/mol. The van der Waals surface area contributed by atoms with E-state index in [9.17, 15) is 10.2 Å². The van der Waals surface area contributed by atoms with Crippen molar-refractivity contribution in [2.75, 3.05) is 0 Å². The molecule has 0 bridgehead atoms. The fraction of sp³-hybridized carbons (Fsp3) is 0.259. The zero-order valence-corrected chi connectivity index (χ0v) is 16.4. The van der Waals surface area contributed by atoms with Gasteiger partial charge in [0.15, 0.2) is 0 Å². The Balaban J connectivity index is 1.81. The standard InChI is InChI=1S/C27H24O2/c28-15-21-9-7-17-3-1-5-19-11-13-27(25(21)23(17)19)14-12-20-6-2-4-18-8-10-22(16-29)26(27)24(18)20/h1-10,28-29H,11-16H2. The van der Waals surface area contributed by atoms with Crippen molar-refractivity contribution in [3.63, 3.8) is 0 Å². The lowest BCUT2D eigenvalue weighted by Gasteiger charge is -2.45. The van der Waals surface area contributed by atoms with Gasteiger partial charge in [-0.2, -0.15) is 0 Å². The van der Waals surface area contributed by atoms with Gasteiger partial charge in [0, 0.05) is 5.41 Å². The fourth-order valence-electron chi connectivity index (χ4n) is 6.22. The molecule has 2 N–H and O–H groups in total. The van der Waals surface area contributed by atoms with Gasteiger partial charge in [-0.1, -0.05) is 60.7 Å². The van der Waals surface area contributed by atoms with Gasteiger partial charge in [-0.15, -0.1) is 0 Å². The molecule has 0 unspecified atom stereocenters. The molecule has 1 spiro atoms. The fourth-order valence-corrected chi connectivity index (χ4v) is 6.22. The number of aliphatic hydroxyl groups excluding tert-OH is 2. The summed E-state index contributed by atoms with van der Waals surface area (Å²) >= 11 is 0. The van der Waals surface area contributed by atoms with Gasteiger partial charge in [0.2, 0.25) is 0 Å². The van der Waals surface area contributed by atoms with Gasteiger partial charge in [0.05, 0.1) is 13.2 Å². The summed E-state index contributed by atoms with van der Waals surface area (Å²) in [5, 5.41) is 25.8. The lowest BCUT2D eigenvalue weighted by molar-refractivity contribution is 0.271. The molecule has 0 heterocycles. The molecule has 0 saturated heterocycles. The van der Waals surface area contributed by atoms with E-state index in [1.807, 2.05) is 0 Å². The summed E-state index contributed by atoms with van der Waals surface area (Å²) < 4.78 is 0. The molecule has 2 aliphatic carbocycles. The summed E-state index contributed by atoms with van der Waals surface area (Å²) in [6.45, 7) is 0.0981. The van der Waals surface area contributed by atoms with Gasteiger partial charge < -0.3 is 10.2 Å². The Morgan fingerprint density at radius 2 is 1.10 bits per heavy atom. The van der Waals surface area contributed by atoms with Crippen LogP contribution in [0.5, 0.6) is 0 Å². The first-order chi connectivity index (χ1) is 14.3. The first-order valence-corrected chi connectivity index (χ1v) is 10.6. The van der Waals surface area contributed by atoms with Crippen LogP contribution in [0.1, 0.15) is 46.2 Å². The molecule has 29 heavy (non-hydrogen) atoms. The Labute approximate surface area is 170 Å². The van der Waals surface area contributed by atoms with E-state index in [2.05, 4.69) is 60.7 Å². The molecule has 0 atom stereocenters. The molecule has 2 nitrogen and oxygen atoms in total. The lowest BCUT2D eigenvalue weighted by Crippen LogP contribution is -2.37. The number of aliphatic hydroxyl groups is 2. The summed E-state index contributed by atoms with van der Waals surface area (Å²) in [7, 11) is 0. The van der Waals surface area contributed by atoms with E-state index >= 15 is 0 Å². The number of hydrogen-bond acceptors (Lipinski definition) is 2. The summed E-state index contributed by atoms with van der Waals surface area (Å²) in [6.07, 6.45) is 4.11. The van der Waals surface area contributed by atoms with Crippen molar-refractivity contribution in [2.45, 2.75) is 44.3 Å². The molecule has 0 radical (unpaired) electrons. The molecule has 6 rings (SSSR count). The van der Waals surface area contributed by atoms with Crippen LogP contribution >= 0.6 is 0 Å². The summed E-state index contributed by atoms with van der Waals surface area (Å²) in [6, 6.07) is 21.7. The Morgan fingerprint density at radius 1 is 0.621 bits per heavy atom. The highest BCUT2D eigenvalue weighted by Gasteiger charge is 2.44. The third-order valence-electron chi connectivity index (χ3n) is 7.38. The van der Waals surface area contributed by atoms with Crippen molar-refractivity contribution < 1.29 is 10.2 Å². The molecule has 4 aromatic rings. The van der Waals surface area contributed by atoms with Crippen molar-refractivity contribution in [3.8, 4) is 0 Å². The second-order valence-electron chi connectivity index (χ2n) is 8.63. The van der Waals surface area contributed by atoms with Crippen LogP contribution in [-0.4, -0.2) is 10.2 Å². The van der Waals surface area contributed by atoms with Crippen molar-refractivity contribution >= 4 is 21.5 Å². The first-order valence-electron chi connectivity index (χ1n) is 10.6. The summed E-state index contributed by atoms with van der Waals surface area (Å²) in [4.78, 5) is 0. The molecular weight excluding hydrogens is 356 g/mol. The number of aryl methyl sites for hydroxylation is 2. The topological polar surface area (TPSA) is 40.5 Å². The maximum Gasteiger partial charge on any atom is 0.0685 e. The smallest absolute Gasteiger partial charge is 0.0685 e. The van der Waals surface area contributed by atoms with Crippen LogP contribution < -0.4 is 0 Å². The summed E-state index contributed by atoms with van der Waals surface area (Å²) in [5.41, 5.74) is 7.28. The Bertz CT molecular complexity index is 1180. The molecule has 0 fully saturated rings. The van der Waals surface area contributed by atoms with E-state index in [0.717, 1.165) is 36.8 Å². The second-order valence-corrected chi connectivity index (χ2v) is 8.63. The van der Waals surface area contributed by atoms with Gasteiger partial charge in [0.1, 0.15) is 0 Å². The Morgan fingerprint density at radius 3 is 1.55 bits per heavy atom. The minimum atomic E-state index is -0.155. The average Bonchev–Trinajstić information content (AvgIpc) is 2.78. The normalized spacial score (nSPS) is 16.6. The van der Waals surface area contributed by atoms with Crippen LogP contribution in [0.2, 0.25) is 0 Å². The molecule has 0 saturated carbocycles. The third kappa shape index (κ3) is 2.19. The highest BCUT2D eigenvalue weighted by Crippen LogP contribution is 2.54. The van der Waals surface area contributed by atoms with E-state index in [1.165, 1.54) is 43.8 Å². The molecule has 2 heteroatoms. The molecular formula is C27H24O2. The van der Waals surface area contributed by atoms with Crippen LogP contribution in [0.25, 0.3) is 21.5 Å². The number of hydrogen-bond donors (Lipinski definition) is 2. The second kappa shape index (κ2) is 6.16. The largest absolute Gasteiger partial charge is 0.392 e. The zero-order valence-electron chi connectivity index (χ0n) is 16.4. The quantitative estimate of drug-likeness (QED) is 0.504. The van der Waals surface area contributed by atoms with Gasteiger partial charge in [-0.25, -0.2) is 0 Å². The minimum absolute atomic E-state index is 0.0490. The minimum Gasteiger partial charge on any atom is -0.392 e. The van der Waals surface area contributed by atoms with Crippen molar-refractivity contribution in [3.05, 3.63) is 94.0 Å². The number of rotatable bonds is 2. The van der Waals surface area contributed by atoms with Crippen LogP contribution in [0.3, 0.4) is 0 Å². The average molecular weight is 380 g/mol. The molecule has 4 aromatic carbocycles. The number of benzene rings is 4.